The molecule has 7 heteroatoms. The fraction of sp³-hybridized carbons (Fsp3) is 0.240. The number of halogens is 1. The van der Waals surface area contributed by atoms with Gasteiger partial charge < -0.3 is 9.42 Å². The molecule has 0 aliphatic heterocycles. The van der Waals surface area contributed by atoms with E-state index in [4.69, 9.17) is 21.1 Å². The fourth-order valence-corrected chi connectivity index (χ4v) is 5.10. The first-order valence-electron chi connectivity index (χ1n) is 10.7. The van der Waals surface area contributed by atoms with Crippen LogP contribution < -0.4 is 0 Å². The molecule has 0 fully saturated rings. The predicted molar refractivity (Wildman–Crippen MR) is 131 cm³/mol. The third kappa shape index (κ3) is 5.13. The number of hydrogen-bond acceptors (Lipinski definition) is 3. The van der Waals surface area contributed by atoms with Gasteiger partial charge in [0.2, 0.25) is 0 Å². The summed E-state index contributed by atoms with van der Waals surface area (Å²) >= 11 is 6.27. The Kier molecular flexibility index (Phi) is 6.82. The van der Waals surface area contributed by atoms with Crippen LogP contribution >= 0.6 is 19.2 Å². The minimum atomic E-state index is -3.72. The lowest BCUT2D eigenvalue weighted by Gasteiger charge is -2.17. The molecule has 0 aliphatic rings. The van der Waals surface area contributed by atoms with Crippen molar-refractivity contribution in [2.45, 2.75) is 32.8 Å². The van der Waals surface area contributed by atoms with Crippen molar-refractivity contribution in [2.24, 2.45) is 0 Å². The van der Waals surface area contributed by atoms with Gasteiger partial charge in [0.15, 0.2) is 0 Å². The second-order valence-electron chi connectivity index (χ2n) is 7.84. The van der Waals surface area contributed by atoms with E-state index in [9.17, 15) is 9.46 Å². The summed E-state index contributed by atoms with van der Waals surface area (Å²) in [7, 11) is -3.72. The first-order valence-corrected chi connectivity index (χ1v) is 12.8. The molecule has 0 spiro atoms. The molecule has 1 N–H and O–H groups in total. The number of fused-ring (bicyclic) bond motifs is 1. The molecule has 0 saturated heterocycles. The van der Waals surface area contributed by atoms with Crippen molar-refractivity contribution in [1.29, 1.82) is 0 Å². The number of benzene rings is 3. The van der Waals surface area contributed by atoms with Crippen LogP contribution in [0, 0.1) is 0 Å². The van der Waals surface area contributed by atoms with Gasteiger partial charge in [-0.05, 0) is 54.8 Å². The van der Waals surface area contributed by atoms with E-state index in [0.29, 0.717) is 23.7 Å². The molecular formula is C25H26ClN2O3P. The summed E-state index contributed by atoms with van der Waals surface area (Å²) in [5, 5.41) is 0.610. The molecule has 2 unspecified atom stereocenters. The molecule has 166 valence electrons. The van der Waals surface area contributed by atoms with E-state index in [1.54, 1.807) is 13.0 Å². The number of hydrogen-bond donors (Lipinski definition) is 1. The maximum atomic E-state index is 12.6. The Morgan fingerprint density at radius 2 is 1.75 bits per heavy atom. The highest BCUT2D eigenvalue weighted by Gasteiger charge is 2.24. The number of rotatable bonds is 8. The molecule has 0 radical (unpaired) electrons. The van der Waals surface area contributed by atoms with Crippen molar-refractivity contribution in [3.63, 3.8) is 0 Å². The van der Waals surface area contributed by atoms with E-state index in [-0.39, 0.29) is 12.3 Å². The van der Waals surface area contributed by atoms with Crippen LogP contribution in [0.2, 0.25) is 5.02 Å². The monoisotopic (exact) mass is 468 g/mol. The number of aromatic nitrogens is 2. The zero-order chi connectivity index (χ0) is 22.7. The SMILES string of the molecule is CCC(C)OP(=O)(O)CCc1nc2ccc(Cl)cc2n1-c1ccc(-c2ccccc2)cc1. The highest BCUT2D eigenvalue weighted by molar-refractivity contribution is 7.52. The maximum absolute atomic E-state index is 12.6. The normalized spacial score (nSPS) is 14.4. The highest BCUT2D eigenvalue weighted by Crippen LogP contribution is 2.44. The second-order valence-corrected chi connectivity index (χ2v) is 10.2. The molecule has 32 heavy (non-hydrogen) atoms. The molecule has 0 bridgehead atoms. The summed E-state index contributed by atoms with van der Waals surface area (Å²) in [6.07, 6.45) is 0.706. The van der Waals surface area contributed by atoms with Crippen LogP contribution in [0.5, 0.6) is 0 Å². The number of aryl methyl sites for hydroxylation is 1. The van der Waals surface area contributed by atoms with Gasteiger partial charge in [-0.25, -0.2) is 4.98 Å². The first-order chi connectivity index (χ1) is 15.4. The van der Waals surface area contributed by atoms with E-state index in [1.807, 2.05) is 54.0 Å². The van der Waals surface area contributed by atoms with Crippen LogP contribution in [-0.4, -0.2) is 26.7 Å². The number of nitrogens with zero attached hydrogens (tertiary/aromatic N) is 2. The highest BCUT2D eigenvalue weighted by atomic mass is 35.5. The molecular weight excluding hydrogens is 443 g/mol. The van der Waals surface area contributed by atoms with Gasteiger partial charge in [0.05, 0.1) is 23.3 Å². The Labute approximate surface area is 193 Å². The summed E-state index contributed by atoms with van der Waals surface area (Å²) in [4.78, 5) is 15.0. The summed E-state index contributed by atoms with van der Waals surface area (Å²) in [6.45, 7) is 3.72. The Hall–Kier alpha value is -2.43. The van der Waals surface area contributed by atoms with Gasteiger partial charge in [-0.2, -0.15) is 0 Å². The summed E-state index contributed by atoms with van der Waals surface area (Å²) in [6, 6.07) is 23.9. The lowest BCUT2D eigenvalue weighted by molar-refractivity contribution is 0.185. The third-order valence-corrected chi connectivity index (χ3v) is 7.17. The van der Waals surface area contributed by atoms with Crippen molar-refractivity contribution >= 4 is 30.2 Å². The Balaban J connectivity index is 1.70. The van der Waals surface area contributed by atoms with Crippen molar-refractivity contribution in [1.82, 2.24) is 9.55 Å². The lowest BCUT2D eigenvalue weighted by atomic mass is 10.1. The van der Waals surface area contributed by atoms with Gasteiger partial charge in [0.25, 0.3) is 0 Å². The van der Waals surface area contributed by atoms with E-state index >= 15 is 0 Å². The summed E-state index contributed by atoms with van der Waals surface area (Å²) in [5.41, 5.74) is 4.81. The van der Waals surface area contributed by atoms with Crippen LogP contribution in [0.25, 0.3) is 27.8 Å². The van der Waals surface area contributed by atoms with Gasteiger partial charge in [-0.15, -0.1) is 0 Å². The molecule has 2 atom stereocenters. The summed E-state index contributed by atoms with van der Waals surface area (Å²) < 4.78 is 19.9. The van der Waals surface area contributed by atoms with Crippen molar-refractivity contribution in [2.75, 3.05) is 6.16 Å². The van der Waals surface area contributed by atoms with Crippen LogP contribution in [-0.2, 0) is 15.5 Å². The largest absolute Gasteiger partial charge is 0.328 e. The molecule has 4 aromatic rings. The van der Waals surface area contributed by atoms with Crippen LogP contribution in [0.15, 0.2) is 72.8 Å². The third-order valence-electron chi connectivity index (χ3n) is 5.46. The van der Waals surface area contributed by atoms with E-state index in [1.165, 1.54) is 0 Å². The number of imidazole rings is 1. The Morgan fingerprint density at radius 1 is 1.06 bits per heavy atom. The van der Waals surface area contributed by atoms with Crippen molar-refractivity contribution in [3.8, 4) is 16.8 Å². The molecule has 1 aromatic heterocycles. The molecule has 1 heterocycles. The molecule has 0 saturated carbocycles. The van der Waals surface area contributed by atoms with Gasteiger partial charge in [0.1, 0.15) is 5.82 Å². The van der Waals surface area contributed by atoms with Crippen LogP contribution in [0.4, 0.5) is 0 Å². The van der Waals surface area contributed by atoms with Crippen molar-refractivity contribution in [3.05, 3.63) is 83.6 Å². The quantitative estimate of drug-likeness (QED) is 0.286. The molecule has 0 amide bonds. The van der Waals surface area contributed by atoms with Gasteiger partial charge in [-0.1, -0.05) is 61.0 Å². The Morgan fingerprint density at radius 3 is 2.44 bits per heavy atom. The molecule has 3 aromatic carbocycles. The van der Waals surface area contributed by atoms with Gasteiger partial charge >= 0.3 is 7.60 Å². The Bertz CT molecular complexity index is 1260. The van der Waals surface area contributed by atoms with Crippen molar-refractivity contribution < 1.29 is 14.0 Å². The minimum Gasteiger partial charge on any atom is -0.324 e. The molecule has 5 nitrogen and oxygen atoms in total. The van der Waals surface area contributed by atoms with Gasteiger partial charge in [-0.3, -0.25) is 9.13 Å². The average molecular weight is 469 g/mol. The molecule has 0 aliphatic carbocycles. The zero-order valence-electron chi connectivity index (χ0n) is 18.1. The second kappa shape index (κ2) is 9.60. The predicted octanol–water partition coefficient (Wildman–Crippen LogP) is 6.89. The maximum Gasteiger partial charge on any atom is 0.328 e. The summed E-state index contributed by atoms with van der Waals surface area (Å²) in [5.74, 6) is 0.691. The van der Waals surface area contributed by atoms with E-state index in [0.717, 1.165) is 27.8 Å². The van der Waals surface area contributed by atoms with Crippen LogP contribution in [0.1, 0.15) is 26.1 Å². The standard InChI is InChI=1S/C25H26ClN2O3P/c1-3-18(2)31-32(29,30)16-15-25-27-23-14-11-21(26)17-24(23)28(25)22-12-9-20(10-13-22)19-7-5-4-6-8-19/h4-14,17-18H,3,15-16H2,1-2H3,(H,29,30). The van der Waals surface area contributed by atoms with E-state index < -0.39 is 7.60 Å². The minimum absolute atomic E-state index is 0.00348. The average Bonchev–Trinajstić information content (AvgIpc) is 3.15. The smallest absolute Gasteiger partial charge is 0.324 e. The zero-order valence-corrected chi connectivity index (χ0v) is 19.8. The van der Waals surface area contributed by atoms with Crippen LogP contribution in [0.3, 0.4) is 0 Å². The lowest BCUT2D eigenvalue weighted by Crippen LogP contribution is -2.09. The van der Waals surface area contributed by atoms with Gasteiger partial charge in [0, 0.05) is 17.1 Å². The van der Waals surface area contributed by atoms with E-state index in [2.05, 4.69) is 24.3 Å². The molecule has 4 rings (SSSR count). The fourth-order valence-electron chi connectivity index (χ4n) is 3.64. The topological polar surface area (TPSA) is 64.3 Å². The first kappa shape index (κ1) is 22.8.